The molecule has 190 valence electrons. The number of aliphatic carboxylic acids is 1. The summed E-state index contributed by atoms with van der Waals surface area (Å²) in [7, 11) is -4.05. The van der Waals surface area contributed by atoms with Crippen LogP contribution in [0.3, 0.4) is 0 Å². The summed E-state index contributed by atoms with van der Waals surface area (Å²) in [5, 5.41) is 9.49. The number of benzene rings is 3. The van der Waals surface area contributed by atoms with E-state index < -0.39 is 22.5 Å². The van der Waals surface area contributed by atoms with E-state index in [1.807, 2.05) is 39.0 Å². The van der Waals surface area contributed by atoms with Crippen molar-refractivity contribution < 1.29 is 23.1 Å². The summed E-state index contributed by atoms with van der Waals surface area (Å²) in [6, 6.07) is 16.8. The van der Waals surface area contributed by atoms with Crippen LogP contribution in [0.5, 0.6) is 5.75 Å². The van der Waals surface area contributed by atoms with Gasteiger partial charge in [0, 0.05) is 6.54 Å². The lowest BCUT2D eigenvalue weighted by molar-refractivity contribution is -0.137. The molecule has 0 bridgehead atoms. The number of carbonyl (C=O) groups is 1. The summed E-state index contributed by atoms with van der Waals surface area (Å²) in [6.45, 7) is 9.47. The Morgan fingerprint density at radius 1 is 0.972 bits per heavy atom. The zero-order chi connectivity index (χ0) is 26.3. The van der Waals surface area contributed by atoms with Crippen molar-refractivity contribution in [1.29, 1.82) is 0 Å². The Morgan fingerprint density at radius 2 is 1.72 bits per heavy atom. The van der Waals surface area contributed by atoms with Crippen LogP contribution in [0.15, 0.2) is 59.5 Å². The number of carboxylic acids is 1. The van der Waals surface area contributed by atoms with E-state index in [0.717, 1.165) is 38.5 Å². The number of nitrogens with zero attached hydrogens (tertiary/aromatic N) is 1. The van der Waals surface area contributed by atoms with Crippen LogP contribution in [0.2, 0.25) is 0 Å². The second-order valence-electron chi connectivity index (χ2n) is 10.2. The van der Waals surface area contributed by atoms with Gasteiger partial charge in [0.2, 0.25) is 10.0 Å². The van der Waals surface area contributed by atoms with Crippen LogP contribution in [0.4, 0.5) is 0 Å². The molecule has 1 heterocycles. The first kappa shape index (κ1) is 25.9. The van der Waals surface area contributed by atoms with Gasteiger partial charge in [0.15, 0.2) is 0 Å². The lowest BCUT2D eigenvalue weighted by Gasteiger charge is -2.33. The Hall–Kier alpha value is -3.16. The molecule has 0 atom stereocenters. The van der Waals surface area contributed by atoms with E-state index in [0.29, 0.717) is 12.2 Å². The fraction of sp³-hybridized carbons (Fsp3) is 0.345. The van der Waals surface area contributed by atoms with Crippen LogP contribution >= 0.6 is 0 Å². The number of carboxylic acid groups (broad SMARTS) is 1. The minimum atomic E-state index is -4.05. The third-order valence-corrected chi connectivity index (χ3v) is 8.62. The van der Waals surface area contributed by atoms with Gasteiger partial charge in [-0.3, -0.25) is 4.79 Å². The van der Waals surface area contributed by atoms with E-state index >= 15 is 0 Å². The van der Waals surface area contributed by atoms with Crippen LogP contribution < -0.4 is 4.74 Å². The molecule has 0 aromatic heterocycles. The van der Waals surface area contributed by atoms with Crippen molar-refractivity contribution in [3.05, 3.63) is 82.4 Å². The standard InChI is InChI=1S/C29H33NO5S/c1-19-6-8-23(15-20(19)2)26-10-7-22(14-21(26)3)17-30(18-28(31)32)36(33,34)25-9-11-27-24(16-25)12-13-29(4,5)35-27/h6-11,14-16H,12-13,17-18H2,1-5H3,(H,31,32). The molecule has 0 radical (unpaired) electrons. The molecule has 7 heteroatoms. The van der Waals surface area contributed by atoms with Gasteiger partial charge in [-0.25, -0.2) is 8.42 Å². The predicted octanol–water partition coefficient (Wildman–Crippen LogP) is 5.66. The van der Waals surface area contributed by atoms with Crippen molar-refractivity contribution in [1.82, 2.24) is 4.31 Å². The Morgan fingerprint density at radius 3 is 2.39 bits per heavy atom. The molecule has 0 saturated carbocycles. The summed E-state index contributed by atoms with van der Waals surface area (Å²) in [5.74, 6) is -0.530. The molecule has 36 heavy (non-hydrogen) atoms. The minimum Gasteiger partial charge on any atom is -0.488 e. The molecule has 0 amide bonds. The Bertz CT molecular complexity index is 1430. The van der Waals surface area contributed by atoms with Crippen molar-refractivity contribution in [3.8, 4) is 16.9 Å². The van der Waals surface area contributed by atoms with E-state index in [9.17, 15) is 18.3 Å². The van der Waals surface area contributed by atoms with Gasteiger partial charge in [-0.1, -0.05) is 36.4 Å². The van der Waals surface area contributed by atoms with Crippen LogP contribution in [0.1, 0.15) is 48.1 Å². The maximum Gasteiger partial charge on any atom is 0.318 e. The third kappa shape index (κ3) is 5.47. The smallest absolute Gasteiger partial charge is 0.318 e. The number of aryl methyl sites for hydroxylation is 4. The van der Waals surface area contributed by atoms with E-state index in [2.05, 4.69) is 32.0 Å². The molecule has 4 rings (SSSR count). The van der Waals surface area contributed by atoms with Gasteiger partial charge in [-0.15, -0.1) is 0 Å². The van der Waals surface area contributed by atoms with Gasteiger partial charge in [0.1, 0.15) is 17.9 Å². The number of hydrogen-bond donors (Lipinski definition) is 1. The van der Waals surface area contributed by atoms with Crippen molar-refractivity contribution in [3.63, 3.8) is 0 Å². The largest absolute Gasteiger partial charge is 0.488 e. The molecule has 3 aromatic carbocycles. The monoisotopic (exact) mass is 507 g/mol. The SMILES string of the molecule is Cc1ccc(-c2ccc(CN(CC(=O)O)S(=O)(=O)c3ccc4c(c3)CCC(C)(C)O4)cc2C)cc1C. The Kier molecular flexibility index (Phi) is 6.99. The molecule has 1 N–H and O–H groups in total. The number of rotatable bonds is 7. The maximum absolute atomic E-state index is 13.5. The second-order valence-corrected chi connectivity index (χ2v) is 12.2. The molecule has 0 unspecified atom stereocenters. The van der Waals surface area contributed by atoms with Gasteiger partial charge in [-0.05, 0) is 105 Å². The molecule has 0 fully saturated rings. The maximum atomic E-state index is 13.5. The van der Waals surface area contributed by atoms with E-state index in [4.69, 9.17) is 4.74 Å². The molecule has 0 aliphatic carbocycles. The first-order chi connectivity index (χ1) is 16.9. The predicted molar refractivity (Wildman–Crippen MR) is 141 cm³/mol. The highest BCUT2D eigenvalue weighted by molar-refractivity contribution is 7.89. The van der Waals surface area contributed by atoms with Crippen molar-refractivity contribution in [2.45, 2.75) is 64.5 Å². The second kappa shape index (κ2) is 9.71. The lowest BCUT2D eigenvalue weighted by atomic mass is 9.94. The molecule has 0 saturated heterocycles. The fourth-order valence-corrected chi connectivity index (χ4v) is 6.01. The first-order valence-electron chi connectivity index (χ1n) is 12.1. The zero-order valence-electron chi connectivity index (χ0n) is 21.5. The highest BCUT2D eigenvalue weighted by Gasteiger charge is 2.31. The number of hydrogen-bond acceptors (Lipinski definition) is 4. The normalized spacial score (nSPS) is 14.8. The van der Waals surface area contributed by atoms with E-state index in [1.165, 1.54) is 17.2 Å². The van der Waals surface area contributed by atoms with E-state index in [-0.39, 0.29) is 17.0 Å². The van der Waals surface area contributed by atoms with Crippen LogP contribution in [-0.4, -0.2) is 35.9 Å². The molecule has 1 aliphatic rings. The number of fused-ring (bicyclic) bond motifs is 1. The Balaban J connectivity index is 1.63. The van der Waals surface area contributed by atoms with Crippen molar-refractivity contribution in [2.24, 2.45) is 0 Å². The number of ether oxygens (including phenoxy) is 1. The number of sulfonamides is 1. The van der Waals surface area contributed by atoms with Gasteiger partial charge >= 0.3 is 5.97 Å². The fourth-order valence-electron chi connectivity index (χ4n) is 4.58. The van der Waals surface area contributed by atoms with E-state index in [1.54, 1.807) is 12.1 Å². The average molecular weight is 508 g/mol. The van der Waals surface area contributed by atoms with Crippen LogP contribution in [0.25, 0.3) is 11.1 Å². The summed E-state index contributed by atoms with van der Waals surface area (Å²) >= 11 is 0. The third-order valence-electron chi connectivity index (χ3n) is 6.83. The first-order valence-corrected chi connectivity index (χ1v) is 13.5. The Labute approximate surface area is 213 Å². The van der Waals surface area contributed by atoms with Gasteiger partial charge in [0.05, 0.1) is 4.90 Å². The van der Waals surface area contributed by atoms with Gasteiger partial charge < -0.3 is 9.84 Å². The molecule has 6 nitrogen and oxygen atoms in total. The quantitative estimate of drug-likeness (QED) is 0.446. The van der Waals surface area contributed by atoms with Crippen LogP contribution in [0, 0.1) is 20.8 Å². The van der Waals surface area contributed by atoms with Crippen molar-refractivity contribution >= 4 is 16.0 Å². The highest BCUT2D eigenvalue weighted by Crippen LogP contribution is 2.35. The van der Waals surface area contributed by atoms with Gasteiger partial charge in [-0.2, -0.15) is 4.31 Å². The molecule has 3 aromatic rings. The molecule has 0 spiro atoms. The molecular formula is C29H33NO5S. The lowest BCUT2D eigenvalue weighted by Crippen LogP contribution is -2.36. The average Bonchev–Trinajstić information content (AvgIpc) is 2.79. The van der Waals surface area contributed by atoms with Gasteiger partial charge in [0.25, 0.3) is 0 Å². The topological polar surface area (TPSA) is 83.9 Å². The molecular weight excluding hydrogens is 474 g/mol. The summed E-state index contributed by atoms with van der Waals surface area (Å²) in [5.41, 5.74) is 6.82. The highest BCUT2D eigenvalue weighted by atomic mass is 32.2. The minimum absolute atomic E-state index is 0.0384. The summed E-state index contributed by atoms with van der Waals surface area (Å²) in [6.07, 6.45) is 1.47. The molecule has 1 aliphatic heterocycles. The zero-order valence-corrected chi connectivity index (χ0v) is 22.3. The van der Waals surface area contributed by atoms with Crippen molar-refractivity contribution in [2.75, 3.05) is 6.54 Å². The van der Waals surface area contributed by atoms with Crippen LogP contribution in [-0.2, 0) is 27.8 Å². The summed E-state index contributed by atoms with van der Waals surface area (Å²) in [4.78, 5) is 11.7. The summed E-state index contributed by atoms with van der Waals surface area (Å²) < 4.78 is 34.1.